The van der Waals surface area contributed by atoms with Gasteiger partial charge in [0.25, 0.3) is 0 Å². The quantitative estimate of drug-likeness (QED) is 0.328. The molecule has 0 saturated carbocycles. The van der Waals surface area contributed by atoms with Crippen molar-refractivity contribution in [3.05, 3.63) is 23.9 Å². The Balaban J connectivity index is 3.06. The van der Waals surface area contributed by atoms with Crippen LogP contribution in [-0.4, -0.2) is 42.3 Å². The predicted molar refractivity (Wildman–Crippen MR) is 80.3 cm³/mol. The number of nitrogens with zero attached hydrogens (tertiary/aromatic N) is 3. The van der Waals surface area contributed by atoms with Crippen LogP contribution in [0.15, 0.2) is 23.4 Å². The van der Waals surface area contributed by atoms with Gasteiger partial charge in [0.2, 0.25) is 0 Å². The van der Waals surface area contributed by atoms with Crippen molar-refractivity contribution >= 4 is 11.7 Å². The van der Waals surface area contributed by atoms with Crippen molar-refractivity contribution in [1.82, 2.24) is 4.98 Å². The summed E-state index contributed by atoms with van der Waals surface area (Å²) in [4.78, 5) is 6.67. The van der Waals surface area contributed by atoms with Gasteiger partial charge < -0.3 is 20.6 Å². The van der Waals surface area contributed by atoms with E-state index >= 15 is 0 Å². The molecule has 0 spiro atoms. The summed E-state index contributed by atoms with van der Waals surface area (Å²) in [6.07, 6.45) is 2.05. The summed E-state index contributed by atoms with van der Waals surface area (Å²) in [7, 11) is 1.69. The number of rotatable bonds is 8. The average Bonchev–Trinajstić information content (AvgIpc) is 2.50. The molecule has 0 bridgehead atoms. The van der Waals surface area contributed by atoms with Crippen molar-refractivity contribution < 1.29 is 9.94 Å². The van der Waals surface area contributed by atoms with Crippen LogP contribution in [0.1, 0.15) is 32.4 Å². The second-order valence-electron chi connectivity index (χ2n) is 4.52. The Bertz CT molecular complexity index is 433. The van der Waals surface area contributed by atoms with Crippen LogP contribution in [-0.2, 0) is 4.74 Å². The number of pyridine rings is 1. The van der Waals surface area contributed by atoms with Crippen molar-refractivity contribution in [2.75, 3.05) is 25.2 Å². The molecule has 0 aliphatic rings. The Kier molecular flexibility index (Phi) is 6.79. The number of aromatic nitrogens is 1. The predicted octanol–water partition coefficient (Wildman–Crippen LogP) is 1.82. The highest BCUT2D eigenvalue weighted by Gasteiger charge is 2.17. The maximum Gasteiger partial charge on any atom is 0.188 e. The number of anilines is 1. The summed E-state index contributed by atoms with van der Waals surface area (Å²) >= 11 is 0. The van der Waals surface area contributed by atoms with Crippen LogP contribution >= 0.6 is 0 Å². The Labute approximate surface area is 120 Å². The van der Waals surface area contributed by atoms with Crippen LogP contribution in [0.3, 0.4) is 0 Å². The fourth-order valence-corrected chi connectivity index (χ4v) is 2.18. The number of hydrogen-bond donors (Lipinski definition) is 2. The smallest absolute Gasteiger partial charge is 0.188 e. The number of nitrogens with two attached hydrogens (primary N) is 1. The van der Waals surface area contributed by atoms with E-state index in [0.29, 0.717) is 18.3 Å². The van der Waals surface area contributed by atoms with Gasteiger partial charge in [0.1, 0.15) is 11.5 Å². The van der Waals surface area contributed by atoms with Gasteiger partial charge in [0, 0.05) is 19.7 Å². The SMILES string of the molecule is CCC(CC)N(CCOC)c1cccc(C(N)=NO)n1. The van der Waals surface area contributed by atoms with Gasteiger partial charge >= 0.3 is 0 Å². The van der Waals surface area contributed by atoms with Crippen LogP contribution in [0.2, 0.25) is 0 Å². The molecule has 1 aromatic rings. The number of oxime groups is 1. The molecule has 0 radical (unpaired) electrons. The van der Waals surface area contributed by atoms with E-state index in [0.717, 1.165) is 25.2 Å². The van der Waals surface area contributed by atoms with Crippen molar-refractivity contribution in [2.24, 2.45) is 10.9 Å². The van der Waals surface area contributed by atoms with Gasteiger partial charge in [-0.1, -0.05) is 25.1 Å². The largest absolute Gasteiger partial charge is 0.409 e. The molecule has 0 fully saturated rings. The van der Waals surface area contributed by atoms with E-state index in [-0.39, 0.29) is 5.84 Å². The molecule has 3 N–H and O–H groups in total. The van der Waals surface area contributed by atoms with Gasteiger partial charge in [-0.2, -0.15) is 0 Å². The molecule has 0 amide bonds. The molecule has 112 valence electrons. The third-order valence-corrected chi connectivity index (χ3v) is 3.32. The topological polar surface area (TPSA) is 84.0 Å². The molecule has 6 heteroatoms. The Morgan fingerprint density at radius 1 is 1.45 bits per heavy atom. The molecule has 20 heavy (non-hydrogen) atoms. The van der Waals surface area contributed by atoms with E-state index < -0.39 is 0 Å². The molecular formula is C14H24N4O2. The van der Waals surface area contributed by atoms with Crippen LogP contribution in [0.25, 0.3) is 0 Å². The fraction of sp³-hybridized carbons (Fsp3) is 0.571. The first kappa shape index (κ1) is 16.2. The molecule has 0 atom stereocenters. The molecule has 1 rings (SSSR count). The molecular weight excluding hydrogens is 256 g/mol. The minimum absolute atomic E-state index is 0.0167. The highest BCUT2D eigenvalue weighted by Crippen LogP contribution is 2.18. The van der Waals surface area contributed by atoms with Crippen molar-refractivity contribution in [2.45, 2.75) is 32.7 Å². The maximum absolute atomic E-state index is 8.75. The number of ether oxygens (including phenoxy) is 1. The zero-order valence-electron chi connectivity index (χ0n) is 12.4. The second kappa shape index (κ2) is 8.37. The second-order valence-corrected chi connectivity index (χ2v) is 4.52. The van der Waals surface area contributed by atoms with E-state index in [1.807, 2.05) is 12.1 Å². The van der Waals surface area contributed by atoms with Crippen LogP contribution in [0.5, 0.6) is 0 Å². The van der Waals surface area contributed by atoms with Crippen molar-refractivity contribution in [3.8, 4) is 0 Å². The summed E-state index contributed by atoms with van der Waals surface area (Å²) in [5, 5.41) is 11.7. The third kappa shape index (κ3) is 4.09. The first-order valence-corrected chi connectivity index (χ1v) is 6.88. The van der Waals surface area contributed by atoms with Gasteiger partial charge in [-0.25, -0.2) is 4.98 Å². The molecule has 0 unspecified atom stereocenters. The lowest BCUT2D eigenvalue weighted by molar-refractivity contribution is 0.202. The third-order valence-electron chi connectivity index (χ3n) is 3.32. The van der Waals surface area contributed by atoms with Gasteiger partial charge in [0.15, 0.2) is 5.84 Å². The number of methoxy groups -OCH3 is 1. The molecule has 0 saturated heterocycles. The zero-order valence-corrected chi connectivity index (χ0v) is 12.4. The normalized spacial score (nSPS) is 11.9. The number of amidine groups is 1. The van der Waals surface area contributed by atoms with Crippen LogP contribution in [0.4, 0.5) is 5.82 Å². The van der Waals surface area contributed by atoms with E-state index in [1.54, 1.807) is 13.2 Å². The molecule has 6 nitrogen and oxygen atoms in total. The van der Waals surface area contributed by atoms with Gasteiger partial charge in [-0.15, -0.1) is 0 Å². The monoisotopic (exact) mass is 280 g/mol. The molecule has 1 heterocycles. The Morgan fingerprint density at radius 3 is 2.70 bits per heavy atom. The van der Waals surface area contributed by atoms with E-state index in [9.17, 15) is 0 Å². The molecule has 0 aliphatic carbocycles. The molecule has 0 aromatic carbocycles. The minimum Gasteiger partial charge on any atom is -0.409 e. The molecule has 0 aliphatic heterocycles. The summed E-state index contributed by atoms with van der Waals surface area (Å²) in [5.74, 6) is 0.836. The van der Waals surface area contributed by atoms with Crippen LogP contribution in [0, 0.1) is 0 Å². The zero-order chi connectivity index (χ0) is 15.0. The van der Waals surface area contributed by atoms with Crippen molar-refractivity contribution in [1.29, 1.82) is 0 Å². The first-order valence-electron chi connectivity index (χ1n) is 6.88. The first-order chi connectivity index (χ1) is 9.67. The van der Waals surface area contributed by atoms with Gasteiger partial charge in [-0.05, 0) is 25.0 Å². The van der Waals surface area contributed by atoms with Crippen molar-refractivity contribution in [3.63, 3.8) is 0 Å². The standard InChI is InChI=1S/C14H24N4O2/c1-4-11(5-2)18(9-10-20-3)13-8-6-7-12(16-13)14(15)17-19/h6-8,11,19H,4-5,9-10H2,1-3H3,(H2,15,17). The summed E-state index contributed by atoms with van der Waals surface area (Å²) in [6.45, 7) is 5.70. The highest BCUT2D eigenvalue weighted by molar-refractivity contribution is 5.95. The summed E-state index contributed by atoms with van der Waals surface area (Å²) in [5.41, 5.74) is 6.07. The Morgan fingerprint density at radius 2 is 2.15 bits per heavy atom. The minimum atomic E-state index is 0.0167. The number of hydrogen-bond acceptors (Lipinski definition) is 5. The van der Waals surface area contributed by atoms with Gasteiger partial charge in [-0.3, -0.25) is 0 Å². The lowest BCUT2D eigenvalue weighted by atomic mass is 10.1. The van der Waals surface area contributed by atoms with E-state index in [2.05, 4.69) is 28.9 Å². The van der Waals surface area contributed by atoms with E-state index in [4.69, 9.17) is 15.7 Å². The highest BCUT2D eigenvalue weighted by atomic mass is 16.5. The van der Waals surface area contributed by atoms with E-state index in [1.165, 1.54) is 0 Å². The van der Waals surface area contributed by atoms with Crippen LogP contribution < -0.4 is 10.6 Å². The van der Waals surface area contributed by atoms with Gasteiger partial charge in [0.05, 0.1) is 6.61 Å². The molecule has 1 aromatic heterocycles. The average molecular weight is 280 g/mol. The maximum atomic E-state index is 8.75. The summed E-state index contributed by atoms with van der Waals surface area (Å²) < 4.78 is 5.17. The fourth-order valence-electron chi connectivity index (χ4n) is 2.18. The lowest BCUT2D eigenvalue weighted by Gasteiger charge is -2.31. The Hall–Kier alpha value is -1.82. The summed E-state index contributed by atoms with van der Waals surface area (Å²) in [6, 6.07) is 5.90. The lowest BCUT2D eigenvalue weighted by Crippen LogP contribution is -2.38.